The number of hydrogen-bond acceptors (Lipinski definition) is 3. The van der Waals surface area contributed by atoms with E-state index in [0.29, 0.717) is 12.6 Å². The molecule has 1 heterocycles. The van der Waals surface area contributed by atoms with Crippen molar-refractivity contribution < 1.29 is 4.79 Å². The molecule has 104 valence electrons. The summed E-state index contributed by atoms with van der Waals surface area (Å²) in [6, 6.07) is 8.41. The van der Waals surface area contributed by atoms with Crippen LogP contribution in [0.3, 0.4) is 0 Å². The lowest BCUT2D eigenvalue weighted by Gasteiger charge is -2.33. The third kappa shape index (κ3) is 3.78. The third-order valence-corrected chi connectivity index (χ3v) is 3.66. The zero-order valence-corrected chi connectivity index (χ0v) is 11.8. The topological polar surface area (TPSA) is 44.4 Å². The van der Waals surface area contributed by atoms with E-state index in [9.17, 15) is 4.79 Å². The summed E-state index contributed by atoms with van der Waals surface area (Å²) >= 11 is 0. The van der Waals surface area contributed by atoms with Crippen molar-refractivity contribution in [2.75, 3.05) is 31.5 Å². The molecule has 1 aromatic carbocycles. The van der Waals surface area contributed by atoms with Gasteiger partial charge in [-0.3, -0.25) is 9.69 Å². The Balaban J connectivity index is 1.93. The molecule has 0 unspecified atom stereocenters. The summed E-state index contributed by atoms with van der Waals surface area (Å²) < 4.78 is 0. The number of carbonyl (C=O) groups is 1. The van der Waals surface area contributed by atoms with Crippen LogP contribution in [-0.4, -0.2) is 43.0 Å². The highest BCUT2D eigenvalue weighted by atomic mass is 16.2. The van der Waals surface area contributed by atoms with Crippen LogP contribution in [0.15, 0.2) is 24.3 Å². The van der Waals surface area contributed by atoms with Gasteiger partial charge in [0.1, 0.15) is 0 Å². The number of aryl methyl sites for hydroxylation is 1. The van der Waals surface area contributed by atoms with E-state index in [-0.39, 0.29) is 5.91 Å². The molecular weight excluding hydrogens is 238 g/mol. The summed E-state index contributed by atoms with van der Waals surface area (Å²) in [6.45, 7) is 7.58. The minimum atomic E-state index is 0.0784. The van der Waals surface area contributed by atoms with Gasteiger partial charge in [0, 0.05) is 31.4 Å². The van der Waals surface area contributed by atoms with Gasteiger partial charge in [-0.2, -0.15) is 0 Å². The Labute approximate surface area is 115 Å². The van der Waals surface area contributed by atoms with Gasteiger partial charge in [0.15, 0.2) is 0 Å². The molecule has 1 saturated heterocycles. The number of piperazine rings is 1. The maximum absolute atomic E-state index is 12.1. The number of benzene rings is 1. The van der Waals surface area contributed by atoms with Crippen LogP contribution in [0, 0.1) is 0 Å². The van der Waals surface area contributed by atoms with Gasteiger partial charge in [0.2, 0.25) is 5.91 Å². The van der Waals surface area contributed by atoms with Crippen LogP contribution in [0.2, 0.25) is 0 Å². The number of rotatable bonds is 4. The van der Waals surface area contributed by atoms with E-state index in [2.05, 4.69) is 35.4 Å². The van der Waals surface area contributed by atoms with Crippen molar-refractivity contribution in [2.24, 2.45) is 0 Å². The second-order valence-electron chi connectivity index (χ2n) is 5.08. The minimum absolute atomic E-state index is 0.0784. The summed E-state index contributed by atoms with van der Waals surface area (Å²) in [4.78, 5) is 14.3. The van der Waals surface area contributed by atoms with E-state index < -0.39 is 0 Å². The molecule has 4 nitrogen and oxygen atoms in total. The molecule has 2 rings (SSSR count). The Kier molecular flexibility index (Phi) is 4.93. The molecule has 19 heavy (non-hydrogen) atoms. The summed E-state index contributed by atoms with van der Waals surface area (Å²) in [6.07, 6.45) is 0.931. The van der Waals surface area contributed by atoms with E-state index in [4.69, 9.17) is 0 Å². The first kappa shape index (κ1) is 14.0. The Bertz CT molecular complexity index is 433. The van der Waals surface area contributed by atoms with Gasteiger partial charge in [-0.15, -0.1) is 0 Å². The zero-order chi connectivity index (χ0) is 13.7. The summed E-state index contributed by atoms with van der Waals surface area (Å²) in [5.74, 6) is 0.0784. The quantitative estimate of drug-likeness (QED) is 0.863. The number of anilines is 1. The standard InChI is InChI=1S/C15H23N3O/c1-3-13-6-4-5-7-14(13)17-15(19)11-18-9-8-16-10-12(18)2/h4-7,12,16H,3,8-11H2,1-2H3,(H,17,19)/t12-/m1/s1. The average molecular weight is 261 g/mol. The number of hydrogen-bond donors (Lipinski definition) is 2. The Morgan fingerprint density at radius 1 is 1.47 bits per heavy atom. The average Bonchev–Trinajstić information content (AvgIpc) is 2.42. The highest BCUT2D eigenvalue weighted by molar-refractivity contribution is 5.93. The summed E-state index contributed by atoms with van der Waals surface area (Å²) in [7, 11) is 0. The van der Waals surface area contributed by atoms with Crippen LogP contribution in [0.5, 0.6) is 0 Å². The van der Waals surface area contributed by atoms with Crippen LogP contribution >= 0.6 is 0 Å². The van der Waals surface area contributed by atoms with Crippen molar-refractivity contribution in [1.29, 1.82) is 0 Å². The van der Waals surface area contributed by atoms with Crippen molar-refractivity contribution in [3.63, 3.8) is 0 Å². The van der Waals surface area contributed by atoms with Crippen molar-refractivity contribution >= 4 is 11.6 Å². The Hall–Kier alpha value is -1.39. The number of carbonyl (C=O) groups excluding carboxylic acids is 1. The monoisotopic (exact) mass is 261 g/mol. The zero-order valence-electron chi connectivity index (χ0n) is 11.8. The minimum Gasteiger partial charge on any atom is -0.325 e. The molecule has 1 amide bonds. The van der Waals surface area contributed by atoms with Crippen LogP contribution in [0.4, 0.5) is 5.69 Å². The van der Waals surface area contributed by atoms with E-state index in [1.807, 2.05) is 18.2 Å². The number of nitrogens with one attached hydrogen (secondary N) is 2. The summed E-state index contributed by atoms with van der Waals surface area (Å²) in [5.41, 5.74) is 2.13. The largest absolute Gasteiger partial charge is 0.325 e. The SMILES string of the molecule is CCc1ccccc1NC(=O)CN1CCNC[C@H]1C. The van der Waals surface area contributed by atoms with Gasteiger partial charge < -0.3 is 10.6 Å². The predicted molar refractivity (Wildman–Crippen MR) is 78.4 cm³/mol. The van der Waals surface area contributed by atoms with E-state index in [1.54, 1.807) is 0 Å². The van der Waals surface area contributed by atoms with Crippen LogP contribution in [0.25, 0.3) is 0 Å². The van der Waals surface area contributed by atoms with Gasteiger partial charge in [0.05, 0.1) is 6.54 Å². The molecule has 0 saturated carbocycles. The smallest absolute Gasteiger partial charge is 0.238 e. The lowest BCUT2D eigenvalue weighted by atomic mass is 10.1. The predicted octanol–water partition coefficient (Wildman–Crippen LogP) is 1.48. The highest BCUT2D eigenvalue weighted by Gasteiger charge is 2.20. The molecule has 0 radical (unpaired) electrons. The molecule has 0 spiro atoms. The molecule has 1 aliphatic heterocycles. The van der Waals surface area contributed by atoms with Crippen LogP contribution in [-0.2, 0) is 11.2 Å². The van der Waals surface area contributed by atoms with Gasteiger partial charge in [-0.05, 0) is 25.0 Å². The fourth-order valence-electron chi connectivity index (χ4n) is 2.44. The second kappa shape index (κ2) is 6.68. The lowest BCUT2D eigenvalue weighted by molar-refractivity contribution is -0.118. The van der Waals surface area contributed by atoms with Crippen molar-refractivity contribution in [2.45, 2.75) is 26.3 Å². The molecule has 1 fully saturated rings. The molecular formula is C15H23N3O. The number of para-hydroxylation sites is 1. The molecule has 0 aliphatic carbocycles. The number of nitrogens with zero attached hydrogens (tertiary/aromatic N) is 1. The number of amides is 1. The third-order valence-electron chi connectivity index (χ3n) is 3.66. The first-order valence-corrected chi connectivity index (χ1v) is 7.03. The first-order valence-electron chi connectivity index (χ1n) is 7.03. The Morgan fingerprint density at radius 3 is 3.00 bits per heavy atom. The van der Waals surface area contributed by atoms with E-state index >= 15 is 0 Å². The normalized spacial score (nSPS) is 20.2. The fourth-order valence-corrected chi connectivity index (χ4v) is 2.44. The van der Waals surface area contributed by atoms with Crippen LogP contribution in [0.1, 0.15) is 19.4 Å². The van der Waals surface area contributed by atoms with Gasteiger partial charge in [0.25, 0.3) is 0 Å². The molecule has 1 atom stereocenters. The van der Waals surface area contributed by atoms with Crippen LogP contribution < -0.4 is 10.6 Å². The molecule has 0 aromatic heterocycles. The highest BCUT2D eigenvalue weighted by Crippen LogP contribution is 2.15. The molecule has 1 aliphatic rings. The summed E-state index contributed by atoms with van der Waals surface area (Å²) in [5, 5.41) is 6.36. The molecule has 4 heteroatoms. The maximum Gasteiger partial charge on any atom is 0.238 e. The van der Waals surface area contributed by atoms with Gasteiger partial charge >= 0.3 is 0 Å². The van der Waals surface area contributed by atoms with Gasteiger partial charge in [-0.25, -0.2) is 0 Å². The first-order chi connectivity index (χ1) is 9.20. The molecule has 2 N–H and O–H groups in total. The van der Waals surface area contributed by atoms with Crippen molar-refractivity contribution in [1.82, 2.24) is 10.2 Å². The Morgan fingerprint density at radius 2 is 2.26 bits per heavy atom. The van der Waals surface area contributed by atoms with Crippen molar-refractivity contribution in [3.8, 4) is 0 Å². The fraction of sp³-hybridized carbons (Fsp3) is 0.533. The van der Waals surface area contributed by atoms with E-state index in [1.165, 1.54) is 5.56 Å². The van der Waals surface area contributed by atoms with E-state index in [0.717, 1.165) is 31.7 Å². The second-order valence-corrected chi connectivity index (χ2v) is 5.08. The van der Waals surface area contributed by atoms with Crippen molar-refractivity contribution in [3.05, 3.63) is 29.8 Å². The van der Waals surface area contributed by atoms with Gasteiger partial charge in [-0.1, -0.05) is 25.1 Å². The molecule has 1 aromatic rings. The lowest BCUT2D eigenvalue weighted by Crippen LogP contribution is -2.52. The molecule has 0 bridgehead atoms. The maximum atomic E-state index is 12.1.